The molecule has 2 heteroatoms. The fourth-order valence-electron chi connectivity index (χ4n) is 3.19. The molecular formula is C17H26N2. The van der Waals surface area contributed by atoms with Gasteiger partial charge in [-0.1, -0.05) is 30.7 Å². The SMILES string of the molecule is CN(Cc1cccc(C2CC2)c1)CC1CCCCN1. The number of nitrogens with one attached hydrogen (secondary N) is 1. The zero-order valence-corrected chi connectivity index (χ0v) is 12.1. The van der Waals surface area contributed by atoms with E-state index < -0.39 is 0 Å². The van der Waals surface area contributed by atoms with Gasteiger partial charge < -0.3 is 10.2 Å². The minimum atomic E-state index is 0.699. The number of likely N-dealkylation sites (N-methyl/N-ethyl adjacent to an activating group) is 1. The zero-order chi connectivity index (χ0) is 13.1. The van der Waals surface area contributed by atoms with Gasteiger partial charge in [-0.25, -0.2) is 0 Å². The molecule has 2 fully saturated rings. The molecule has 19 heavy (non-hydrogen) atoms. The Hall–Kier alpha value is -0.860. The lowest BCUT2D eigenvalue weighted by Gasteiger charge is -2.28. The highest BCUT2D eigenvalue weighted by Crippen LogP contribution is 2.40. The largest absolute Gasteiger partial charge is 0.313 e. The summed E-state index contributed by atoms with van der Waals surface area (Å²) in [5, 5.41) is 3.63. The molecule has 0 bridgehead atoms. The van der Waals surface area contributed by atoms with Gasteiger partial charge in [-0.2, -0.15) is 0 Å². The summed E-state index contributed by atoms with van der Waals surface area (Å²) in [4.78, 5) is 2.47. The Labute approximate surface area is 117 Å². The molecule has 1 aliphatic heterocycles. The minimum Gasteiger partial charge on any atom is -0.313 e. The van der Waals surface area contributed by atoms with Crippen molar-refractivity contribution in [3.8, 4) is 0 Å². The molecule has 2 nitrogen and oxygen atoms in total. The molecule has 1 unspecified atom stereocenters. The van der Waals surface area contributed by atoms with Crippen LogP contribution in [-0.4, -0.2) is 31.1 Å². The van der Waals surface area contributed by atoms with Crippen LogP contribution in [0.5, 0.6) is 0 Å². The van der Waals surface area contributed by atoms with Crippen molar-refractivity contribution < 1.29 is 0 Å². The first-order valence-electron chi connectivity index (χ1n) is 7.82. The second-order valence-corrected chi connectivity index (χ2v) is 6.36. The van der Waals surface area contributed by atoms with Gasteiger partial charge in [0.05, 0.1) is 0 Å². The molecule has 1 aromatic rings. The molecular weight excluding hydrogens is 232 g/mol. The topological polar surface area (TPSA) is 15.3 Å². The van der Waals surface area contributed by atoms with E-state index in [9.17, 15) is 0 Å². The van der Waals surface area contributed by atoms with Crippen LogP contribution in [0.25, 0.3) is 0 Å². The smallest absolute Gasteiger partial charge is 0.0231 e. The Kier molecular flexibility index (Phi) is 4.19. The Morgan fingerprint density at radius 2 is 2.11 bits per heavy atom. The zero-order valence-electron chi connectivity index (χ0n) is 12.1. The van der Waals surface area contributed by atoms with Gasteiger partial charge in [0, 0.05) is 19.1 Å². The van der Waals surface area contributed by atoms with E-state index in [1.165, 1.54) is 50.8 Å². The summed E-state index contributed by atoms with van der Waals surface area (Å²) < 4.78 is 0. The van der Waals surface area contributed by atoms with Crippen LogP contribution in [0.4, 0.5) is 0 Å². The van der Waals surface area contributed by atoms with E-state index in [0.29, 0.717) is 6.04 Å². The summed E-state index contributed by atoms with van der Waals surface area (Å²) in [5.74, 6) is 0.866. The van der Waals surface area contributed by atoms with E-state index in [-0.39, 0.29) is 0 Å². The Bertz CT molecular complexity index is 405. The maximum absolute atomic E-state index is 3.63. The molecule has 0 spiro atoms. The number of nitrogens with zero attached hydrogens (tertiary/aromatic N) is 1. The van der Waals surface area contributed by atoms with E-state index in [4.69, 9.17) is 0 Å². The molecule has 1 aliphatic carbocycles. The highest BCUT2D eigenvalue weighted by molar-refractivity contribution is 5.29. The van der Waals surface area contributed by atoms with Gasteiger partial charge >= 0.3 is 0 Å². The van der Waals surface area contributed by atoms with Crippen LogP contribution >= 0.6 is 0 Å². The molecule has 2 aliphatic rings. The summed E-state index contributed by atoms with van der Waals surface area (Å²) in [7, 11) is 2.25. The van der Waals surface area contributed by atoms with E-state index in [2.05, 4.69) is 41.5 Å². The first-order valence-corrected chi connectivity index (χ1v) is 7.82. The van der Waals surface area contributed by atoms with Crippen molar-refractivity contribution in [3.63, 3.8) is 0 Å². The van der Waals surface area contributed by atoms with Crippen LogP contribution in [0.15, 0.2) is 24.3 Å². The molecule has 1 saturated carbocycles. The Morgan fingerprint density at radius 3 is 2.84 bits per heavy atom. The van der Waals surface area contributed by atoms with Crippen LogP contribution in [0, 0.1) is 0 Å². The summed E-state index contributed by atoms with van der Waals surface area (Å²) in [6.07, 6.45) is 6.87. The molecule has 3 rings (SSSR count). The maximum atomic E-state index is 3.63. The molecule has 0 amide bonds. The van der Waals surface area contributed by atoms with Gasteiger partial charge in [0.1, 0.15) is 0 Å². The molecule has 0 aromatic heterocycles. The van der Waals surface area contributed by atoms with E-state index >= 15 is 0 Å². The lowest BCUT2D eigenvalue weighted by Crippen LogP contribution is -2.42. The predicted octanol–water partition coefficient (Wildman–Crippen LogP) is 3.14. The number of hydrogen-bond donors (Lipinski definition) is 1. The number of piperidine rings is 1. The van der Waals surface area contributed by atoms with Crippen molar-refractivity contribution >= 4 is 0 Å². The maximum Gasteiger partial charge on any atom is 0.0231 e. The summed E-state index contributed by atoms with van der Waals surface area (Å²) in [6.45, 7) is 3.46. The first-order chi connectivity index (χ1) is 9.31. The third-order valence-electron chi connectivity index (χ3n) is 4.40. The monoisotopic (exact) mass is 258 g/mol. The lowest BCUT2D eigenvalue weighted by molar-refractivity contribution is 0.256. The van der Waals surface area contributed by atoms with Crippen molar-refractivity contribution in [1.29, 1.82) is 0 Å². The molecule has 1 aromatic carbocycles. The van der Waals surface area contributed by atoms with Gasteiger partial charge in [-0.05, 0) is 56.3 Å². The second kappa shape index (κ2) is 6.06. The van der Waals surface area contributed by atoms with Crippen LogP contribution in [-0.2, 0) is 6.54 Å². The van der Waals surface area contributed by atoms with Crippen molar-refractivity contribution in [2.24, 2.45) is 0 Å². The summed E-state index contributed by atoms with van der Waals surface area (Å²) >= 11 is 0. The molecule has 1 N–H and O–H groups in total. The molecule has 1 atom stereocenters. The first kappa shape index (κ1) is 13.1. The second-order valence-electron chi connectivity index (χ2n) is 6.36. The fraction of sp³-hybridized carbons (Fsp3) is 0.647. The van der Waals surface area contributed by atoms with Gasteiger partial charge in [-0.3, -0.25) is 0 Å². The van der Waals surface area contributed by atoms with Crippen LogP contribution in [0.1, 0.15) is 49.1 Å². The van der Waals surface area contributed by atoms with Gasteiger partial charge in [0.15, 0.2) is 0 Å². The number of rotatable bonds is 5. The molecule has 1 heterocycles. The number of benzene rings is 1. The van der Waals surface area contributed by atoms with Gasteiger partial charge in [0.25, 0.3) is 0 Å². The van der Waals surface area contributed by atoms with Gasteiger partial charge in [0.2, 0.25) is 0 Å². The lowest BCUT2D eigenvalue weighted by atomic mass is 10.0. The normalized spacial score (nSPS) is 23.8. The van der Waals surface area contributed by atoms with Crippen molar-refractivity contribution in [3.05, 3.63) is 35.4 Å². The Balaban J connectivity index is 1.53. The highest BCUT2D eigenvalue weighted by Gasteiger charge is 2.23. The average molecular weight is 258 g/mol. The van der Waals surface area contributed by atoms with Crippen LogP contribution < -0.4 is 5.32 Å². The standard InChI is InChI=1S/C17H26N2/c1-19(13-17-7-2-3-10-18-17)12-14-5-4-6-16(11-14)15-8-9-15/h4-6,11,15,17-18H,2-3,7-10,12-13H2,1H3. The van der Waals surface area contributed by atoms with Crippen molar-refractivity contribution in [1.82, 2.24) is 10.2 Å². The van der Waals surface area contributed by atoms with E-state index in [1.807, 2.05) is 0 Å². The predicted molar refractivity (Wildman–Crippen MR) is 80.4 cm³/mol. The van der Waals surface area contributed by atoms with Crippen LogP contribution in [0.3, 0.4) is 0 Å². The summed E-state index contributed by atoms with van der Waals surface area (Å²) in [5.41, 5.74) is 3.03. The van der Waals surface area contributed by atoms with E-state index in [0.717, 1.165) is 12.5 Å². The molecule has 0 radical (unpaired) electrons. The number of hydrogen-bond acceptors (Lipinski definition) is 2. The molecule has 104 valence electrons. The highest BCUT2D eigenvalue weighted by atomic mass is 15.1. The van der Waals surface area contributed by atoms with E-state index in [1.54, 1.807) is 5.56 Å². The van der Waals surface area contributed by atoms with Crippen LogP contribution in [0.2, 0.25) is 0 Å². The van der Waals surface area contributed by atoms with Crippen molar-refractivity contribution in [2.75, 3.05) is 20.1 Å². The Morgan fingerprint density at radius 1 is 1.21 bits per heavy atom. The van der Waals surface area contributed by atoms with Crippen molar-refractivity contribution in [2.45, 2.75) is 50.6 Å². The third kappa shape index (κ3) is 3.80. The third-order valence-corrected chi connectivity index (χ3v) is 4.40. The average Bonchev–Trinajstić information content (AvgIpc) is 3.24. The quantitative estimate of drug-likeness (QED) is 0.873. The van der Waals surface area contributed by atoms with Gasteiger partial charge in [-0.15, -0.1) is 0 Å². The minimum absolute atomic E-state index is 0.699. The summed E-state index contributed by atoms with van der Waals surface area (Å²) in [6, 6.07) is 9.92. The molecule has 1 saturated heterocycles. The fourth-order valence-corrected chi connectivity index (χ4v) is 3.19.